The molecule has 1 amide bonds. The molecular formula is C57H69N4O14S4+. The highest BCUT2D eigenvalue weighted by Gasteiger charge is 2.46. The minimum atomic E-state index is -5.00. The lowest BCUT2D eigenvalue weighted by Gasteiger charge is -2.27. The highest BCUT2D eigenvalue weighted by molar-refractivity contribution is 7.87. The molecule has 0 aliphatic carbocycles. The number of amides is 1. The van der Waals surface area contributed by atoms with Crippen LogP contribution in [0.15, 0.2) is 112 Å². The van der Waals surface area contributed by atoms with Gasteiger partial charge in [0.05, 0.1) is 32.2 Å². The Balaban J connectivity index is 1.38. The van der Waals surface area contributed by atoms with Gasteiger partial charge < -0.3 is 10.2 Å². The van der Waals surface area contributed by atoms with E-state index in [1.54, 1.807) is 31.2 Å². The Bertz CT molecular complexity index is 3890. The third kappa shape index (κ3) is 13.1. The summed E-state index contributed by atoms with van der Waals surface area (Å²) in [7, 11) is -19.0. The fraction of sp³-hybridized carbons (Fsp3) is 0.404. The molecule has 4 aromatic carbocycles. The van der Waals surface area contributed by atoms with Gasteiger partial charge in [0.1, 0.15) is 17.2 Å². The van der Waals surface area contributed by atoms with Crippen LogP contribution in [0, 0.1) is 12.3 Å². The minimum Gasteiger partial charge on any atom is -0.352 e. The second-order valence-electron chi connectivity index (χ2n) is 22.3. The summed E-state index contributed by atoms with van der Waals surface area (Å²) in [5, 5.41) is 4.40. The van der Waals surface area contributed by atoms with Gasteiger partial charge in [0.15, 0.2) is 5.71 Å². The van der Waals surface area contributed by atoms with Crippen LogP contribution in [0.2, 0.25) is 0 Å². The summed E-state index contributed by atoms with van der Waals surface area (Å²) in [6, 6.07) is 14.9. The molecule has 424 valence electrons. The van der Waals surface area contributed by atoms with E-state index in [4.69, 9.17) is 4.98 Å². The third-order valence-corrected chi connectivity index (χ3v) is 18.2. The van der Waals surface area contributed by atoms with Crippen LogP contribution >= 0.6 is 0 Å². The van der Waals surface area contributed by atoms with Crippen LogP contribution in [0.5, 0.6) is 0 Å². The van der Waals surface area contributed by atoms with Gasteiger partial charge in [-0.2, -0.15) is 38.2 Å². The normalized spacial score (nSPS) is 16.4. The number of carbonyl (C=O) groups is 2. The monoisotopic (exact) mass is 1160 g/mol. The van der Waals surface area contributed by atoms with E-state index in [1.165, 1.54) is 30.5 Å². The van der Waals surface area contributed by atoms with Gasteiger partial charge in [0, 0.05) is 83.0 Å². The van der Waals surface area contributed by atoms with Crippen molar-refractivity contribution in [3.63, 3.8) is 0 Å². The fourth-order valence-electron chi connectivity index (χ4n) is 10.7. The molecule has 0 atom stereocenters. The number of nitrogens with one attached hydrogen (secondary N) is 1. The lowest BCUT2D eigenvalue weighted by atomic mass is 9.78. The molecule has 0 fully saturated rings. The topological polar surface area (TPSA) is 283 Å². The highest BCUT2D eigenvalue weighted by Crippen LogP contribution is 2.52. The first-order chi connectivity index (χ1) is 36.6. The number of carbonyl (C=O) groups excluding carboxylic acids is 2. The number of hydrogen-bond acceptors (Lipinski definition) is 12. The Kier molecular flexibility index (Phi) is 17.3. The van der Waals surface area contributed by atoms with Crippen molar-refractivity contribution in [3.8, 4) is 0 Å². The quantitative estimate of drug-likeness (QED) is 0.0198. The first-order valence-corrected chi connectivity index (χ1v) is 31.9. The molecule has 1 aromatic heterocycles. The van der Waals surface area contributed by atoms with Crippen LogP contribution in [0.3, 0.4) is 0 Å². The Morgan fingerprint density at radius 3 is 1.97 bits per heavy atom. The Labute approximate surface area is 463 Å². The van der Waals surface area contributed by atoms with E-state index in [1.807, 2.05) is 95.2 Å². The largest absolute Gasteiger partial charge is 0.352 e. The summed E-state index contributed by atoms with van der Waals surface area (Å²) < 4.78 is 142. The lowest BCUT2D eigenvalue weighted by molar-refractivity contribution is -0.437. The molecule has 0 unspecified atom stereocenters. The van der Waals surface area contributed by atoms with E-state index in [0.29, 0.717) is 101 Å². The summed E-state index contributed by atoms with van der Waals surface area (Å²) >= 11 is 0. The molecule has 0 saturated heterocycles. The number of hydrogen-bond donors (Lipinski definition) is 5. The summed E-state index contributed by atoms with van der Waals surface area (Å²) in [6.07, 6.45) is 12.8. The van der Waals surface area contributed by atoms with Crippen LogP contribution in [-0.2, 0) is 56.1 Å². The number of allylic oxidation sites excluding steroid dienone is 6. The number of ketones is 1. The SMILES string of the molecule is CCCCN1/C(=C/C=C(/C=C/C2=[N+](CCCS(=O)(=O)O)c3ccc4c(C)cc(S(=O)(=O)O)cc4c3C2(C)C)c2ccc(C(=O)NCCCCCC(=O)C(C)(C)C)cn2)C(C)(C)c2c1ccc1c(S(=O)(=O)O)cc(S(=O)(=O)O)cc21. The van der Waals surface area contributed by atoms with Crippen molar-refractivity contribution in [2.24, 2.45) is 5.41 Å². The first kappa shape index (κ1) is 60.7. The second-order valence-corrected chi connectivity index (χ2v) is 28.1. The van der Waals surface area contributed by atoms with Gasteiger partial charge in [-0.05, 0) is 128 Å². The average molecular weight is 1160 g/mol. The smallest absolute Gasteiger partial charge is 0.295 e. The number of aryl methyl sites for hydroxylation is 1. The van der Waals surface area contributed by atoms with Crippen LogP contribution in [-0.4, -0.2) is 104 Å². The summed E-state index contributed by atoms with van der Waals surface area (Å²) in [5.74, 6) is -0.722. The number of benzene rings is 4. The van der Waals surface area contributed by atoms with Crippen molar-refractivity contribution in [1.29, 1.82) is 0 Å². The van der Waals surface area contributed by atoms with Gasteiger partial charge in [-0.3, -0.25) is 32.8 Å². The number of fused-ring (bicyclic) bond motifs is 6. The summed E-state index contributed by atoms with van der Waals surface area (Å²) in [4.78, 5) is 30.9. The van der Waals surface area contributed by atoms with Crippen molar-refractivity contribution >= 4 is 96.4 Å². The molecule has 5 N–H and O–H groups in total. The van der Waals surface area contributed by atoms with Gasteiger partial charge in [0.25, 0.3) is 46.4 Å². The van der Waals surface area contributed by atoms with Crippen LogP contribution in [0.25, 0.3) is 27.1 Å². The predicted octanol–water partition coefficient (Wildman–Crippen LogP) is 10.1. The number of nitrogens with zero attached hydrogens (tertiary/aromatic N) is 3. The molecule has 0 bridgehead atoms. The standard InChI is InChI=1S/C57H68N4O14S4/c1-10-11-28-60-47-24-21-42-44(33-40(78(70,71)72)34-48(42)79(73,74)75)53(47)57(8,9)49(60)25-18-37(45-22-17-38(35-59-45)54(63)58-27-14-12-13-16-51(62)55(3,4)5)19-26-50-56(6,7)52-43-32-39(77(67,68)69)31-36(2)41(43)20-23-46(52)61(50)29-15-30-76(64,65)66/h17-26,31-35H,10-16,27-30H2,1-9H3,(H4-,58,63,64,65,66,67,68,69,70,71,72,73,74,75)/p+1. The van der Waals surface area contributed by atoms with Crippen LogP contribution in [0.4, 0.5) is 11.4 Å². The molecule has 0 spiro atoms. The molecule has 18 nitrogen and oxygen atoms in total. The number of unbranched alkanes of at least 4 members (excludes halogenated alkanes) is 3. The van der Waals surface area contributed by atoms with Crippen molar-refractivity contribution in [2.45, 2.75) is 133 Å². The van der Waals surface area contributed by atoms with Crippen molar-refractivity contribution in [1.82, 2.24) is 10.3 Å². The molecule has 7 rings (SSSR count). The zero-order valence-electron chi connectivity index (χ0n) is 45.8. The predicted molar refractivity (Wildman–Crippen MR) is 306 cm³/mol. The third-order valence-electron chi connectivity index (χ3n) is 14.8. The molecule has 0 saturated carbocycles. The highest BCUT2D eigenvalue weighted by atomic mass is 32.2. The summed E-state index contributed by atoms with van der Waals surface area (Å²) in [5.41, 5.74) is 3.27. The maximum atomic E-state index is 13.4. The van der Waals surface area contributed by atoms with E-state index in [-0.39, 0.29) is 45.9 Å². The van der Waals surface area contributed by atoms with Crippen LogP contribution in [0.1, 0.15) is 133 Å². The van der Waals surface area contributed by atoms with E-state index in [9.17, 15) is 61.5 Å². The molecule has 79 heavy (non-hydrogen) atoms. The maximum absolute atomic E-state index is 13.4. The van der Waals surface area contributed by atoms with E-state index >= 15 is 0 Å². The number of rotatable bonds is 21. The second kappa shape index (κ2) is 22.5. The number of Topliss-reactive ketones (excluding diaryl/α,β-unsaturated/α-hetero) is 1. The first-order valence-electron chi connectivity index (χ1n) is 25.9. The maximum Gasteiger partial charge on any atom is 0.295 e. The van der Waals surface area contributed by atoms with Gasteiger partial charge in [-0.25, -0.2) is 0 Å². The Morgan fingerprint density at radius 2 is 1.38 bits per heavy atom. The molecule has 5 aromatic rings. The molecule has 2 aliphatic heterocycles. The molecule has 2 aliphatic rings. The molecule has 3 heterocycles. The Hall–Kier alpha value is -5.98. The Morgan fingerprint density at radius 1 is 0.734 bits per heavy atom. The zero-order valence-corrected chi connectivity index (χ0v) is 49.1. The van der Waals surface area contributed by atoms with E-state index in [0.717, 1.165) is 18.2 Å². The number of aromatic nitrogens is 1. The van der Waals surface area contributed by atoms with Crippen molar-refractivity contribution in [3.05, 3.63) is 125 Å². The van der Waals surface area contributed by atoms with Gasteiger partial charge in [0.2, 0.25) is 5.69 Å². The molecule has 0 radical (unpaired) electrons. The average Bonchev–Trinajstić information content (AvgIpc) is 3.99. The summed E-state index contributed by atoms with van der Waals surface area (Å²) in [6.45, 7) is 18.0. The lowest BCUT2D eigenvalue weighted by Crippen LogP contribution is -2.28. The van der Waals surface area contributed by atoms with Crippen molar-refractivity contribution in [2.75, 3.05) is 30.3 Å². The van der Waals surface area contributed by atoms with Crippen molar-refractivity contribution < 1.29 is 66.0 Å². The van der Waals surface area contributed by atoms with Gasteiger partial charge >= 0.3 is 0 Å². The van der Waals surface area contributed by atoms with E-state index < -0.39 is 72.3 Å². The van der Waals surface area contributed by atoms with E-state index in [2.05, 4.69) is 5.32 Å². The molecule has 22 heteroatoms. The van der Waals surface area contributed by atoms with Crippen LogP contribution < -0.4 is 10.2 Å². The number of pyridine rings is 1. The minimum absolute atomic E-state index is 0.0000555. The fourth-order valence-corrected chi connectivity index (χ4v) is 13.2. The van der Waals surface area contributed by atoms with Gasteiger partial charge in [-0.15, -0.1) is 0 Å². The zero-order chi connectivity index (χ0) is 58.4. The molecular weight excluding hydrogens is 1090 g/mol. The van der Waals surface area contributed by atoms with Gasteiger partial charge in [-0.1, -0.05) is 66.5 Å². The number of anilines is 1.